The Balaban J connectivity index is 1.77. The van der Waals surface area contributed by atoms with Gasteiger partial charge in [-0.3, -0.25) is 0 Å². The molecule has 4 heteroatoms. The van der Waals surface area contributed by atoms with E-state index in [0.717, 1.165) is 18.1 Å². The molecule has 0 saturated heterocycles. The monoisotopic (exact) mass is 393 g/mol. The number of hydrogen-bond donors (Lipinski definition) is 0. The van der Waals surface area contributed by atoms with Gasteiger partial charge in [0.1, 0.15) is 0 Å². The molecular weight excluding hydrogens is 373 g/mol. The summed E-state index contributed by atoms with van der Waals surface area (Å²) >= 11 is 0.253. The molecule has 1 aromatic carbocycles. The van der Waals surface area contributed by atoms with Gasteiger partial charge in [0.05, 0.1) is 0 Å². The van der Waals surface area contributed by atoms with Crippen molar-refractivity contribution in [1.82, 2.24) is 9.97 Å². The number of benzene rings is 1. The second-order valence-electron chi connectivity index (χ2n) is 6.72. The zero-order chi connectivity index (χ0) is 16.8. The Morgan fingerprint density at radius 3 is 2.80 bits per heavy atom. The third-order valence-electron chi connectivity index (χ3n) is 4.98. The van der Waals surface area contributed by atoms with Gasteiger partial charge in [-0.1, -0.05) is 0 Å². The van der Waals surface area contributed by atoms with Crippen molar-refractivity contribution < 1.29 is 0 Å². The van der Waals surface area contributed by atoms with E-state index in [-0.39, 0.29) is 15.0 Å². The third-order valence-corrected chi connectivity index (χ3v) is 7.20. The standard InChI is InChI=1S/C21H19N3Se/c1-14-12-19-21(23-13-14)24(20-18(25-19)10-5-11-22-20)17-9-4-7-15-6-2-3-8-16(15)17/h4-5,7,9-13H,2-3,6,8H2,1H3. The molecule has 0 fully saturated rings. The number of aryl methyl sites for hydroxylation is 2. The van der Waals surface area contributed by atoms with E-state index in [2.05, 4.69) is 42.2 Å². The van der Waals surface area contributed by atoms with Gasteiger partial charge in [0.2, 0.25) is 0 Å². The van der Waals surface area contributed by atoms with Crippen LogP contribution < -0.4 is 13.8 Å². The van der Waals surface area contributed by atoms with Gasteiger partial charge in [-0.2, -0.15) is 0 Å². The van der Waals surface area contributed by atoms with Crippen molar-refractivity contribution in [3.05, 3.63) is 65.5 Å². The van der Waals surface area contributed by atoms with Crippen LogP contribution in [0.1, 0.15) is 29.5 Å². The Labute approximate surface area is 154 Å². The molecule has 0 spiro atoms. The van der Waals surface area contributed by atoms with Crippen LogP contribution in [0.5, 0.6) is 0 Å². The summed E-state index contributed by atoms with van der Waals surface area (Å²) in [4.78, 5) is 11.9. The average Bonchev–Trinajstić information content (AvgIpc) is 2.65. The number of fused-ring (bicyclic) bond motifs is 3. The average molecular weight is 392 g/mol. The third kappa shape index (κ3) is 2.48. The Bertz CT molecular complexity index is 967. The number of rotatable bonds is 1. The van der Waals surface area contributed by atoms with E-state index < -0.39 is 0 Å². The molecule has 0 bridgehead atoms. The number of nitrogens with zero attached hydrogens (tertiary/aromatic N) is 3. The van der Waals surface area contributed by atoms with Crippen LogP contribution in [0.2, 0.25) is 0 Å². The molecule has 1 aliphatic heterocycles. The van der Waals surface area contributed by atoms with Crippen molar-refractivity contribution in [2.24, 2.45) is 0 Å². The Morgan fingerprint density at radius 1 is 0.960 bits per heavy atom. The van der Waals surface area contributed by atoms with Gasteiger partial charge in [0, 0.05) is 0 Å². The second kappa shape index (κ2) is 5.98. The van der Waals surface area contributed by atoms with Crippen molar-refractivity contribution in [2.45, 2.75) is 32.6 Å². The van der Waals surface area contributed by atoms with E-state index in [1.807, 2.05) is 18.5 Å². The first kappa shape index (κ1) is 15.1. The van der Waals surface area contributed by atoms with Crippen molar-refractivity contribution >= 4 is 41.2 Å². The predicted octanol–water partition coefficient (Wildman–Crippen LogP) is 3.10. The molecule has 0 N–H and O–H groups in total. The van der Waals surface area contributed by atoms with Crippen LogP contribution in [-0.4, -0.2) is 24.9 Å². The van der Waals surface area contributed by atoms with Crippen LogP contribution >= 0.6 is 0 Å². The van der Waals surface area contributed by atoms with Crippen molar-refractivity contribution in [1.29, 1.82) is 0 Å². The van der Waals surface area contributed by atoms with Gasteiger partial charge < -0.3 is 0 Å². The summed E-state index contributed by atoms with van der Waals surface area (Å²) in [5, 5.41) is 0. The molecule has 1 aliphatic carbocycles. The molecule has 25 heavy (non-hydrogen) atoms. The molecule has 124 valence electrons. The number of anilines is 3. The SMILES string of the molecule is Cc1cnc2c(c1)[Se]c1cccnc1N2c1cccc2c1CCCC2. The Kier molecular flexibility index (Phi) is 3.61. The van der Waals surface area contributed by atoms with Gasteiger partial charge >= 0.3 is 154 Å². The molecule has 0 radical (unpaired) electrons. The fourth-order valence-electron chi connectivity index (χ4n) is 3.83. The molecule has 0 atom stereocenters. The molecule has 3 nitrogen and oxygen atoms in total. The van der Waals surface area contributed by atoms with E-state index in [9.17, 15) is 0 Å². The van der Waals surface area contributed by atoms with Crippen molar-refractivity contribution in [3.63, 3.8) is 0 Å². The quantitative estimate of drug-likeness (QED) is 0.466. The second-order valence-corrected chi connectivity index (χ2v) is 8.99. The maximum absolute atomic E-state index is 4.83. The van der Waals surface area contributed by atoms with Gasteiger partial charge in [0.15, 0.2) is 0 Å². The molecule has 5 rings (SSSR count). The van der Waals surface area contributed by atoms with Crippen LogP contribution in [-0.2, 0) is 12.8 Å². The van der Waals surface area contributed by atoms with E-state index in [4.69, 9.17) is 9.97 Å². The molecule has 2 aliphatic rings. The molecule has 0 amide bonds. The molecular formula is C21H19N3Se. The van der Waals surface area contributed by atoms with Crippen molar-refractivity contribution in [2.75, 3.05) is 4.90 Å². The van der Waals surface area contributed by atoms with Crippen molar-refractivity contribution in [3.8, 4) is 0 Å². The molecule has 2 aromatic heterocycles. The minimum atomic E-state index is 0.253. The molecule has 0 saturated carbocycles. The Morgan fingerprint density at radius 2 is 1.84 bits per heavy atom. The van der Waals surface area contributed by atoms with Crippen LogP contribution in [0.25, 0.3) is 0 Å². The molecule has 3 heterocycles. The predicted molar refractivity (Wildman–Crippen MR) is 103 cm³/mol. The van der Waals surface area contributed by atoms with Crippen LogP contribution in [0, 0.1) is 6.92 Å². The van der Waals surface area contributed by atoms with Gasteiger partial charge in [-0.05, 0) is 0 Å². The Hall–Kier alpha value is -2.16. The molecule has 0 unspecified atom stereocenters. The van der Waals surface area contributed by atoms with Crippen LogP contribution in [0.15, 0.2) is 48.8 Å². The van der Waals surface area contributed by atoms with E-state index >= 15 is 0 Å². The van der Waals surface area contributed by atoms with E-state index in [1.165, 1.54) is 50.6 Å². The summed E-state index contributed by atoms with van der Waals surface area (Å²) in [5.74, 6) is 2.13. The number of aromatic nitrogens is 2. The fourth-order valence-corrected chi connectivity index (χ4v) is 6.13. The first-order chi connectivity index (χ1) is 12.3. The summed E-state index contributed by atoms with van der Waals surface area (Å²) in [5.41, 5.74) is 5.47. The van der Waals surface area contributed by atoms with Crippen LogP contribution in [0.3, 0.4) is 0 Å². The van der Waals surface area contributed by atoms with E-state index in [1.54, 1.807) is 0 Å². The summed E-state index contributed by atoms with van der Waals surface area (Å²) in [6.45, 7) is 2.12. The topological polar surface area (TPSA) is 29.0 Å². The van der Waals surface area contributed by atoms with Gasteiger partial charge in [-0.25, -0.2) is 0 Å². The zero-order valence-electron chi connectivity index (χ0n) is 14.2. The van der Waals surface area contributed by atoms with E-state index in [0.29, 0.717) is 0 Å². The normalized spacial score (nSPS) is 15.3. The summed E-state index contributed by atoms with van der Waals surface area (Å²) < 4.78 is 2.68. The summed E-state index contributed by atoms with van der Waals surface area (Å²) in [7, 11) is 0. The van der Waals surface area contributed by atoms with Gasteiger partial charge in [0.25, 0.3) is 0 Å². The van der Waals surface area contributed by atoms with Gasteiger partial charge in [-0.15, -0.1) is 0 Å². The minimum absolute atomic E-state index is 0.253. The summed E-state index contributed by atoms with van der Waals surface area (Å²) in [6, 6.07) is 13.3. The number of hydrogen-bond acceptors (Lipinski definition) is 3. The number of pyridine rings is 2. The first-order valence-electron chi connectivity index (χ1n) is 8.82. The molecule has 3 aromatic rings. The zero-order valence-corrected chi connectivity index (χ0v) is 15.9. The maximum atomic E-state index is 4.83. The van der Waals surface area contributed by atoms with Crippen LogP contribution in [0.4, 0.5) is 17.3 Å². The fraction of sp³-hybridized carbons (Fsp3) is 0.238. The summed E-state index contributed by atoms with van der Waals surface area (Å²) in [6.07, 6.45) is 8.77. The first-order valence-corrected chi connectivity index (χ1v) is 10.5.